The average Bonchev–Trinajstić information content (AvgIpc) is 2.15. The third kappa shape index (κ3) is 2.44. The van der Waals surface area contributed by atoms with Gasteiger partial charge in [0.15, 0.2) is 0 Å². The molecule has 0 unspecified atom stereocenters. The standard InChI is InChI=1S/C13H17F/c1-5-10(2)11-7-6-8-12(9-11)13(3,4)14/h6-9H,2,5H2,1,3-4H3. The molecule has 1 aromatic carbocycles. The highest BCUT2D eigenvalue weighted by Crippen LogP contribution is 2.27. The highest BCUT2D eigenvalue weighted by molar-refractivity contribution is 5.63. The van der Waals surface area contributed by atoms with Crippen LogP contribution >= 0.6 is 0 Å². The summed E-state index contributed by atoms with van der Waals surface area (Å²) in [4.78, 5) is 0. The lowest BCUT2D eigenvalue weighted by Crippen LogP contribution is -2.08. The van der Waals surface area contributed by atoms with E-state index >= 15 is 0 Å². The van der Waals surface area contributed by atoms with E-state index in [0.717, 1.165) is 17.6 Å². The Bertz CT molecular complexity index is 331. The summed E-state index contributed by atoms with van der Waals surface area (Å²) in [5.41, 5.74) is 1.53. The lowest BCUT2D eigenvalue weighted by molar-refractivity contribution is 0.221. The molecule has 0 bridgehead atoms. The fourth-order valence-electron chi connectivity index (χ4n) is 1.31. The molecule has 0 aliphatic heterocycles. The first-order valence-corrected chi connectivity index (χ1v) is 4.92. The van der Waals surface area contributed by atoms with Crippen LogP contribution in [0.2, 0.25) is 0 Å². The van der Waals surface area contributed by atoms with Gasteiger partial charge in [0.25, 0.3) is 0 Å². The van der Waals surface area contributed by atoms with Crippen molar-refractivity contribution in [3.05, 3.63) is 42.0 Å². The number of benzene rings is 1. The van der Waals surface area contributed by atoms with Crippen molar-refractivity contribution in [2.75, 3.05) is 0 Å². The van der Waals surface area contributed by atoms with Crippen LogP contribution in [0, 0.1) is 0 Å². The second-order valence-electron chi connectivity index (χ2n) is 4.01. The van der Waals surface area contributed by atoms with Gasteiger partial charge in [0.05, 0.1) is 0 Å². The maximum atomic E-state index is 13.6. The van der Waals surface area contributed by atoms with Gasteiger partial charge >= 0.3 is 0 Å². The van der Waals surface area contributed by atoms with Crippen LogP contribution in [0.5, 0.6) is 0 Å². The molecular formula is C13H17F. The SMILES string of the molecule is C=C(CC)c1cccc(C(C)(C)F)c1. The van der Waals surface area contributed by atoms with Gasteiger partial charge in [0.1, 0.15) is 5.67 Å². The van der Waals surface area contributed by atoms with Crippen LogP contribution in [0.4, 0.5) is 4.39 Å². The summed E-state index contributed by atoms with van der Waals surface area (Å²) in [5, 5.41) is 0. The van der Waals surface area contributed by atoms with Crippen LogP contribution in [0.25, 0.3) is 5.57 Å². The van der Waals surface area contributed by atoms with Crippen molar-refractivity contribution >= 4 is 5.57 Å². The molecule has 0 aromatic heterocycles. The molecule has 1 rings (SSSR count). The number of alkyl halides is 1. The number of halogens is 1. The Kier molecular flexibility index (Phi) is 3.10. The Labute approximate surface area is 85.5 Å². The molecule has 0 saturated carbocycles. The normalized spacial score (nSPS) is 11.4. The minimum atomic E-state index is -1.27. The van der Waals surface area contributed by atoms with Gasteiger partial charge in [0, 0.05) is 0 Å². The molecule has 0 atom stereocenters. The molecule has 0 nitrogen and oxygen atoms in total. The van der Waals surface area contributed by atoms with Gasteiger partial charge in [-0.25, -0.2) is 4.39 Å². The maximum absolute atomic E-state index is 13.6. The van der Waals surface area contributed by atoms with E-state index in [2.05, 4.69) is 13.5 Å². The van der Waals surface area contributed by atoms with Crippen molar-refractivity contribution in [3.8, 4) is 0 Å². The van der Waals surface area contributed by atoms with Crippen LogP contribution in [-0.2, 0) is 5.67 Å². The van der Waals surface area contributed by atoms with Gasteiger partial charge in [-0.2, -0.15) is 0 Å². The van der Waals surface area contributed by atoms with Crippen LogP contribution in [-0.4, -0.2) is 0 Å². The van der Waals surface area contributed by atoms with Gasteiger partial charge in [0.2, 0.25) is 0 Å². The fourth-order valence-corrected chi connectivity index (χ4v) is 1.31. The number of rotatable bonds is 3. The molecule has 0 fully saturated rings. The highest BCUT2D eigenvalue weighted by atomic mass is 19.1. The summed E-state index contributed by atoms with van der Waals surface area (Å²) in [6.45, 7) is 9.14. The monoisotopic (exact) mass is 192 g/mol. The van der Waals surface area contributed by atoms with Gasteiger partial charge in [-0.05, 0) is 43.0 Å². The second kappa shape index (κ2) is 3.95. The molecule has 76 valence electrons. The quantitative estimate of drug-likeness (QED) is 0.669. The minimum absolute atomic E-state index is 0.713. The molecule has 0 radical (unpaired) electrons. The highest BCUT2D eigenvalue weighted by Gasteiger charge is 2.18. The lowest BCUT2D eigenvalue weighted by atomic mass is 9.95. The van der Waals surface area contributed by atoms with Gasteiger partial charge in [-0.3, -0.25) is 0 Å². The zero-order valence-electron chi connectivity index (χ0n) is 9.10. The van der Waals surface area contributed by atoms with Gasteiger partial charge in [-0.1, -0.05) is 31.7 Å². The molecular weight excluding hydrogens is 175 g/mol. The van der Waals surface area contributed by atoms with Crippen molar-refractivity contribution in [1.82, 2.24) is 0 Å². The summed E-state index contributed by atoms with van der Waals surface area (Å²) in [7, 11) is 0. The summed E-state index contributed by atoms with van der Waals surface area (Å²) in [6.07, 6.45) is 0.899. The number of hydrogen-bond acceptors (Lipinski definition) is 0. The molecule has 0 aliphatic carbocycles. The fraction of sp³-hybridized carbons (Fsp3) is 0.385. The summed E-state index contributed by atoms with van der Waals surface area (Å²) in [6, 6.07) is 7.55. The molecule has 0 spiro atoms. The minimum Gasteiger partial charge on any atom is -0.239 e. The number of allylic oxidation sites excluding steroid dienone is 1. The lowest BCUT2D eigenvalue weighted by Gasteiger charge is -2.16. The molecule has 0 amide bonds. The predicted molar refractivity (Wildman–Crippen MR) is 59.9 cm³/mol. The van der Waals surface area contributed by atoms with E-state index in [1.54, 1.807) is 13.8 Å². The van der Waals surface area contributed by atoms with E-state index in [0.29, 0.717) is 5.56 Å². The first-order valence-electron chi connectivity index (χ1n) is 4.92. The largest absolute Gasteiger partial charge is 0.239 e. The first-order chi connectivity index (χ1) is 6.45. The van der Waals surface area contributed by atoms with E-state index in [1.807, 2.05) is 24.3 Å². The molecule has 0 saturated heterocycles. The number of hydrogen-bond donors (Lipinski definition) is 0. The Morgan fingerprint density at radius 2 is 2.07 bits per heavy atom. The Morgan fingerprint density at radius 1 is 1.43 bits per heavy atom. The first kappa shape index (κ1) is 11.0. The third-order valence-electron chi connectivity index (χ3n) is 2.38. The van der Waals surface area contributed by atoms with Crippen LogP contribution in [0.15, 0.2) is 30.8 Å². The second-order valence-corrected chi connectivity index (χ2v) is 4.01. The third-order valence-corrected chi connectivity index (χ3v) is 2.38. The van der Waals surface area contributed by atoms with Crippen LogP contribution in [0.1, 0.15) is 38.3 Å². The topological polar surface area (TPSA) is 0 Å². The zero-order chi connectivity index (χ0) is 10.8. The van der Waals surface area contributed by atoms with E-state index in [4.69, 9.17) is 0 Å². The van der Waals surface area contributed by atoms with Crippen molar-refractivity contribution in [1.29, 1.82) is 0 Å². The smallest absolute Gasteiger partial charge is 0.130 e. The van der Waals surface area contributed by atoms with Crippen molar-refractivity contribution in [2.24, 2.45) is 0 Å². The summed E-state index contributed by atoms with van der Waals surface area (Å²) < 4.78 is 13.6. The Hall–Kier alpha value is -1.11. The van der Waals surface area contributed by atoms with Crippen molar-refractivity contribution in [2.45, 2.75) is 32.9 Å². The van der Waals surface area contributed by atoms with Gasteiger partial charge in [-0.15, -0.1) is 0 Å². The molecule has 0 N–H and O–H groups in total. The Balaban J connectivity index is 3.08. The van der Waals surface area contributed by atoms with E-state index in [-0.39, 0.29) is 0 Å². The Morgan fingerprint density at radius 3 is 2.57 bits per heavy atom. The molecule has 0 heterocycles. The van der Waals surface area contributed by atoms with Crippen LogP contribution in [0.3, 0.4) is 0 Å². The molecule has 1 aromatic rings. The average molecular weight is 192 g/mol. The summed E-state index contributed by atoms with van der Waals surface area (Å²) in [5.74, 6) is 0. The van der Waals surface area contributed by atoms with E-state index in [1.165, 1.54) is 0 Å². The van der Waals surface area contributed by atoms with Crippen molar-refractivity contribution < 1.29 is 4.39 Å². The summed E-state index contributed by atoms with van der Waals surface area (Å²) >= 11 is 0. The van der Waals surface area contributed by atoms with Gasteiger partial charge < -0.3 is 0 Å². The maximum Gasteiger partial charge on any atom is 0.130 e. The molecule has 0 aliphatic rings. The van der Waals surface area contributed by atoms with Crippen molar-refractivity contribution in [3.63, 3.8) is 0 Å². The molecule has 1 heteroatoms. The van der Waals surface area contributed by atoms with Crippen LogP contribution < -0.4 is 0 Å². The van der Waals surface area contributed by atoms with E-state index < -0.39 is 5.67 Å². The predicted octanol–water partition coefficient (Wildman–Crippen LogP) is 4.31. The molecule has 14 heavy (non-hydrogen) atoms. The zero-order valence-corrected chi connectivity index (χ0v) is 9.10. The van der Waals surface area contributed by atoms with E-state index in [9.17, 15) is 4.39 Å².